The number of pyridine rings is 1. The van der Waals surface area contributed by atoms with Gasteiger partial charge < -0.3 is 10.4 Å². The molecular weight excluding hydrogens is 531 g/mol. The number of rotatable bonds is 1. The molecule has 1 saturated carbocycles. The molecule has 7 nitrogen and oxygen atoms in total. The molecule has 2 aliphatic rings. The van der Waals surface area contributed by atoms with E-state index < -0.39 is 34.4 Å². The number of anilines is 1. The third-order valence-corrected chi connectivity index (χ3v) is 8.70. The number of aliphatic hydroxyl groups is 1. The Bertz CT molecular complexity index is 1570. The normalized spacial score (nSPS) is 24.5. The fourth-order valence-corrected chi connectivity index (χ4v) is 5.88. The number of halogens is 3. The van der Waals surface area contributed by atoms with Crippen molar-refractivity contribution in [1.82, 2.24) is 14.5 Å². The second kappa shape index (κ2) is 10.8. The van der Waals surface area contributed by atoms with Gasteiger partial charge in [-0.15, -0.1) is 0 Å². The highest BCUT2D eigenvalue weighted by Crippen LogP contribution is 2.47. The Labute approximate surface area is 237 Å². The Morgan fingerprint density at radius 1 is 1.07 bits per heavy atom. The second-order valence-corrected chi connectivity index (χ2v) is 11.9. The number of aromatic nitrogens is 3. The predicted octanol–water partition coefficient (Wildman–Crippen LogP) is 6.55. The van der Waals surface area contributed by atoms with E-state index in [9.17, 15) is 15.2 Å². The summed E-state index contributed by atoms with van der Waals surface area (Å²) in [6, 6.07) is 6.99. The van der Waals surface area contributed by atoms with Crippen LogP contribution in [0.25, 0.3) is 11.0 Å². The quantitative estimate of drug-likeness (QED) is 0.345. The van der Waals surface area contributed by atoms with Crippen LogP contribution in [0, 0.1) is 24.1 Å². The lowest BCUT2D eigenvalue weighted by atomic mass is 9.85. The molecule has 1 aliphatic carbocycles. The van der Waals surface area contributed by atoms with Gasteiger partial charge in [-0.2, -0.15) is 14.0 Å². The number of fused-ring (bicyclic) bond motifs is 2. The van der Waals surface area contributed by atoms with E-state index in [0.29, 0.717) is 66.9 Å². The number of hydrogen-bond donors (Lipinski definition) is 2. The standard InChI is InChI=1S/C31H36F3N5O2/c1-19-21-11-10-12-23(25(21)32)31(33,34)29(3,41)13-8-6-4-5-7-9-16-39-27-22(26(36-19)37-20(2)38-27)17-24(28(39)40)30(18-35)14-15-30/h10-12,17,19,41H,4-9,13-16H2,1-3H3,(H,36,37,38)/t19-,29?/m1/s1. The van der Waals surface area contributed by atoms with Crippen LogP contribution < -0.4 is 10.9 Å². The smallest absolute Gasteiger partial charge is 0.303 e. The topological polar surface area (TPSA) is 104 Å². The molecule has 1 fully saturated rings. The summed E-state index contributed by atoms with van der Waals surface area (Å²) in [7, 11) is 0. The van der Waals surface area contributed by atoms with Crippen LogP contribution >= 0.6 is 0 Å². The van der Waals surface area contributed by atoms with E-state index in [1.165, 1.54) is 12.1 Å². The minimum atomic E-state index is -3.81. The van der Waals surface area contributed by atoms with E-state index in [1.807, 2.05) is 0 Å². The Morgan fingerprint density at radius 2 is 1.76 bits per heavy atom. The highest BCUT2D eigenvalue weighted by atomic mass is 19.3. The van der Waals surface area contributed by atoms with E-state index in [2.05, 4.69) is 21.4 Å². The van der Waals surface area contributed by atoms with Crippen molar-refractivity contribution in [2.24, 2.45) is 0 Å². The molecule has 5 rings (SSSR count). The predicted molar refractivity (Wildman–Crippen MR) is 150 cm³/mol. The van der Waals surface area contributed by atoms with E-state index >= 15 is 13.2 Å². The molecule has 1 unspecified atom stereocenters. The summed E-state index contributed by atoms with van der Waals surface area (Å²) < 4.78 is 48.6. The lowest BCUT2D eigenvalue weighted by Crippen LogP contribution is -2.44. The summed E-state index contributed by atoms with van der Waals surface area (Å²) in [4.78, 5) is 22.8. The van der Waals surface area contributed by atoms with Gasteiger partial charge in [0.05, 0.1) is 28.5 Å². The molecule has 41 heavy (non-hydrogen) atoms. The molecule has 10 heteroatoms. The summed E-state index contributed by atoms with van der Waals surface area (Å²) >= 11 is 0. The van der Waals surface area contributed by atoms with Gasteiger partial charge in [-0.25, -0.2) is 14.4 Å². The van der Waals surface area contributed by atoms with Crippen molar-refractivity contribution in [3.63, 3.8) is 0 Å². The van der Waals surface area contributed by atoms with Gasteiger partial charge in [0, 0.05) is 17.7 Å². The summed E-state index contributed by atoms with van der Waals surface area (Å²) in [5.41, 5.74) is -3.54. The van der Waals surface area contributed by atoms with Gasteiger partial charge in [-0.1, -0.05) is 44.2 Å². The van der Waals surface area contributed by atoms with Crippen molar-refractivity contribution in [2.45, 2.75) is 108 Å². The van der Waals surface area contributed by atoms with Crippen LogP contribution in [0.15, 0.2) is 29.1 Å². The zero-order valence-electron chi connectivity index (χ0n) is 23.7. The van der Waals surface area contributed by atoms with Crippen molar-refractivity contribution in [3.05, 3.63) is 63.0 Å². The Morgan fingerprint density at radius 3 is 2.44 bits per heavy atom. The average Bonchev–Trinajstić information content (AvgIpc) is 3.71. The van der Waals surface area contributed by atoms with Gasteiger partial charge in [0.2, 0.25) is 0 Å². The first kappa shape index (κ1) is 29.1. The fraction of sp³-hybridized carbons (Fsp3) is 0.548. The van der Waals surface area contributed by atoms with Crippen LogP contribution in [0.5, 0.6) is 0 Å². The number of alkyl halides is 2. The molecule has 0 saturated heterocycles. The molecule has 3 aromatic rings. The number of nitrogens with one attached hydrogen (secondary N) is 1. The zero-order valence-corrected chi connectivity index (χ0v) is 23.7. The minimum Gasteiger partial charge on any atom is -0.384 e. The Hall–Kier alpha value is -3.45. The highest BCUT2D eigenvalue weighted by molar-refractivity contribution is 5.88. The summed E-state index contributed by atoms with van der Waals surface area (Å²) in [6.07, 6.45) is 5.17. The first-order valence-electron chi connectivity index (χ1n) is 14.4. The maximum atomic E-state index is 15.8. The van der Waals surface area contributed by atoms with Crippen molar-refractivity contribution >= 4 is 16.9 Å². The Balaban J connectivity index is 1.67. The molecule has 1 aliphatic heterocycles. The molecule has 218 valence electrons. The number of benzene rings is 1. The number of nitriles is 1. The largest absolute Gasteiger partial charge is 0.384 e. The lowest BCUT2D eigenvalue weighted by Gasteiger charge is -2.34. The fourth-order valence-electron chi connectivity index (χ4n) is 5.88. The minimum absolute atomic E-state index is 0.00969. The van der Waals surface area contributed by atoms with Gasteiger partial charge >= 0.3 is 5.92 Å². The third-order valence-electron chi connectivity index (χ3n) is 8.70. The third kappa shape index (κ3) is 5.21. The first-order chi connectivity index (χ1) is 19.4. The van der Waals surface area contributed by atoms with Crippen LogP contribution in [0.1, 0.15) is 100 Å². The number of nitrogens with zero attached hydrogens (tertiary/aromatic N) is 4. The maximum absolute atomic E-state index is 15.8. The molecule has 0 radical (unpaired) electrons. The molecule has 0 spiro atoms. The molecule has 1 aromatic carbocycles. The summed E-state index contributed by atoms with van der Waals surface area (Å²) in [5, 5.41) is 24.4. The van der Waals surface area contributed by atoms with E-state index in [0.717, 1.165) is 32.3 Å². The molecule has 2 aromatic heterocycles. The van der Waals surface area contributed by atoms with Gasteiger partial charge in [-0.3, -0.25) is 9.36 Å². The van der Waals surface area contributed by atoms with Gasteiger partial charge in [0.25, 0.3) is 5.56 Å². The monoisotopic (exact) mass is 567 g/mol. The van der Waals surface area contributed by atoms with E-state index in [4.69, 9.17) is 0 Å². The van der Waals surface area contributed by atoms with Crippen LogP contribution in [0.3, 0.4) is 0 Å². The van der Waals surface area contributed by atoms with Crippen molar-refractivity contribution in [2.75, 3.05) is 5.32 Å². The van der Waals surface area contributed by atoms with Gasteiger partial charge in [-0.05, 0) is 58.6 Å². The summed E-state index contributed by atoms with van der Waals surface area (Å²) in [5.74, 6) is -4.19. The average molecular weight is 568 g/mol. The SMILES string of the molecule is Cc1nc2c3cc(C4(C#N)CC4)c(=O)n(c3n1)CCCCCCCCC(C)(O)C(F)(F)c1cccc(c1F)[C@@H](C)N2. The van der Waals surface area contributed by atoms with Gasteiger partial charge in [0.1, 0.15) is 28.7 Å². The summed E-state index contributed by atoms with van der Waals surface area (Å²) in [6.45, 7) is 4.81. The van der Waals surface area contributed by atoms with E-state index in [1.54, 1.807) is 24.5 Å². The van der Waals surface area contributed by atoms with Crippen molar-refractivity contribution in [3.8, 4) is 6.07 Å². The number of aryl methyl sites for hydroxylation is 2. The van der Waals surface area contributed by atoms with Crippen molar-refractivity contribution in [1.29, 1.82) is 5.26 Å². The Kier molecular flexibility index (Phi) is 7.62. The first-order valence-corrected chi connectivity index (χ1v) is 14.4. The molecule has 2 N–H and O–H groups in total. The van der Waals surface area contributed by atoms with Gasteiger partial charge in [0.15, 0.2) is 0 Å². The van der Waals surface area contributed by atoms with Crippen LogP contribution in [-0.4, -0.2) is 25.2 Å². The van der Waals surface area contributed by atoms with Crippen molar-refractivity contribution < 1.29 is 18.3 Å². The maximum Gasteiger partial charge on any atom is 0.303 e. The zero-order chi connectivity index (χ0) is 29.6. The van der Waals surface area contributed by atoms with Crippen LogP contribution in [0.4, 0.5) is 19.0 Å². The van der Waals surface area contributed by atoms with E-state index in [-0.39, 0.29) is 17.5 Å². The molecule has 0 amide bonds. The second-order valence-electron chi connectivity index (χ2n) is 11.9. The molecular formula is C31H36F3N5O2. The number of hydrogen-bond acceptors (Lipinski definition) is 6. The molecule has 2 atom stereocenters. The highest BCUT2D eigenvalue weighted by Gasteiger charge is 2.52. The molecule has 3 heterocycles. The molecule has 6 bridgehead atoms. The lowest BCUT2D eigenvalue weighted by molar-refractivity contribution is -0.184. The van der Waals surface area contributed by atoms with Crippen LogP contribution in [-0.2, 0) is 17.9 Å². The van der Waals surface area contributed by atoms with Crippen LogP contribution in [0.2, 0.25) is 0 Å².